The molecule has 74 heavy (non-hydrogen) atoms. The topological polar surface area (TPSA) is 63.2 Å². The summed E-state index contributed by atoms with van der Waals surface area (Å²) in [7, 11) is 0. The average Bonchev–Trinajstić information content (AvgIpc) is 4.22. The number of hydrogen-bond acceptors (Lipinski definition) is 0. The number of fused-ring (bicyclic) bond motifs is 8. The number of aryl methyl sites for hydroxylation is 6. The van der Waals surface area contributed by atoms with Crippen molar-refractivity contribution < 1.29 is 0 Å². The van der Waals surface area contributed by atoms with E-state index in [0.717, 1.165) is 116 Å². The van der Waals surface area contributed by atoms with Crippen LogP contribution >= 0.6 is 0 Å². The van der Waals surface area contributed by atoms with Crippen LogP contribution in [0.25, 0.3) is 22.3 Å². The molecule has 0 saturated heterocycles. The van der Waals surface area contributed by atoms with Gasteiger partial charge in [0.1, 0.15) is 0 Å². The second-order valence-corrected chi connectivity index (χ2v) is 20.9. The molecule has 4 aromatic heterocycles. The van der Waals surface area contributed by atoms with E-state index in [0.29, 0.717) is 0 Å². The Balaban J connectivity index is 1.39. The molecule has 0 saturated carbocycles. The van der Waals surface area contributed by atoms with E-state index >= 15 is 0 Å². The minimum Gasteiger partial charge on any atom is -0.354 e. The fourth-order valence-corrected chi connectivity index (χ4v) is 12.5. The van der Waals surface area contributed by atoms with Crippen LogP contribution in [0.3, 0.4) is 0 Å². The van der Waals surface area contributed by atoms with Crippen LogP contribution in [0.15, 0.2) is 197 Å². The lowest BCUT2D eigenvalue weighted by Crippen LogP contribution is -2.24. The normalized spacial score (nSPS) is 12.7. The first-order valence-electron chi connectivity index (χ1n) is 26.1. The first kappa shape index (κ1) is 50.8. The Morgan fingerprint density at radius 1 is 0.324 bits per heavy atom. The molecule has 4 heteroatoms. The summed E-state index contributed by atoms with van der Waals surface area (Å²) in [6.07, 6.45) is 17.1. The maximum Gasteiger partial charge on any atom is 0.0486 e. The van der Waals surface area contributed by atoms with Gasteiger partial charge in [-0.3, -0.25) is 0 Å². The van der Waals surface area contributed by atoms with Crippen LogP contribution in [0.5, 0.6) is 0 Å². The first-order chi connectivity index (χ1) is 35.8. The predicted molar refractivity (Wildman–Crippen MR) is 315 cm³/mol. The maximum atomic E-state index is 4.16. The zero-order valence-electron chi connectivity index (χ0n) is 44.5. The van der Waals surface area contributed by atoms with Crippen LogP contribution in [0.2, 0.25) is 0 Å². The molecule has 0 atom stereocenters. The highest BCUT2D eigenvalue weighted by molar-refractivity contribution is 5.87. The van der Waals surface area contributed by atoms with Gasteiger partial charge >= 0.3 is 0 Å². The molecule has 5 heterocycles. The fraction of sp³-hybridized carbons (Fsp3) is 0.200. The standard InChI is InChI=1S/C70H72N4/c1-13-35-69(36-14-2,37-15-3)53-23-19-51(20-24-53)65-55-27-31-59(71-55)67(63-47(9)41-45(7)42-48(63)10)61-33-29-57(73-61)66(52-21-25-54(26-22-52)70(38-16-4,39-17-5)40-18-6)58-30-34-62(74-58)68(60-32-28-56(65)72-60)64-49(11)43-46(8)44-50(64)12/h13-34,41-44,71-74H,1-6,35-40H2,7-12H3. The van der Waals surface area contributed by atoms with E-state index in [4.69, 9.17) is 0 Å². The Bertz CT molecular complexity index is 3390. The lowest BCUT2D eigenvalue weighted by Gasteiger charge is -2.32. The van der Waals surface area contributed by atoms with Crippen LogP contribution in [0.1, 0.15) is 128 Å². The van der Waals surface area contributed by atoms with Crippen molar-refractivity contribution in [1.29, 1.82) is 0 Å². The number of aromatic nitrogens is 4. The third kappa shape index (κ3) is 9.42. The quantitative estimate of drug-likeness (QED) is 0.0619. The van der Waals surface area contributed by atoms with Gasteiger partial charge < -0.3 is 19.9 Å². The van der Waals surface area contributed by atoms with Crippen LogP contribution in [0.4, 0.5) is 0 Å². The number of hydrogen-bond donors (Lipinski definition) is 4. The monoisotopic (exact) mass is 969 g/mol. The van der Waals surface area contributed by atoms with Gasteiger partial charge in [-0.1, -0.05) is 120 Å². The minimum atomic E-state index is -0.173. The van der Waals surface area contributed by atoms with Crippen molar-refractivity contribution >= 4 is 22.3 Å². The summed E-state index contributed by atoms with van der Waals surface area (Å²) in [5.74, 6) is 0. The molecule has 9 rings (SSSR count). The summed E-state index contributed by atoms with van der Waals surface area (Å²) in [6, 6.07) is 45.5. The van der Waals surface area contributed by atoms with Gasteiger partial charge in [0, 0.05) is 77.3 Å². The molecule has 4 nitrogen and oxygen atoms in total. The molecule has 0 fully saturated rings. The third-order valence-electron chi connectivity index (χ3n) is 15.5. The summed E-state index contributed by atoms with van der Waals surface area (Å²) >= 11 is 0. The molecule has 0 spiro atoms. The van der Waals surface area contributed by atoms with E-state index in [-0.39, 0.29) is 10.8 Å². The van der Waals surface area contributed by atoms with E-state index in [1.807, 2.05) is 36.5 Å². The molecule has 4 aromatic carbocycles. The highest BCUT2D eigenvalue weighted by Crippen LogP contribution is 2.40. The van der Waals surface area contributed by atoms with Gasteiger partial charge in [-0.2, -0.15) is 0 Å². The van der Waals surface area contributed by atoms with Crippen molar-refractivity contribution in [3.05, 3.63) is 308 Å². The van der Waals surface area contributed by atoms with Crippen molar-refractivity contribution in [3.63, 3.8) is 0 Å². The number of allylic oxidation sites excluding steroid dienone is 6. The Kier molecular flexibility index (Phi) is 14.5. The summed E-state index contributed by atoms with van der Waals surface area (Å²) in [5, 5.41) is 4.06. The SMILES string of the molecule is C=CCC(CC=C)(CC=C)c1ccc(C2=c3ccc([nH]3)=C(c3c(C)cc(C)cc3C)c3ccc([nH]3)C(c3ccc(C(CC=C)(CC=C)CC=C)cc3)=c3ccc([nH]3)=C(c3c(C)cc(C)cc3C)c3ccc2[nH]3)cc1. The number of nitrogens with one attached hydrogen (secondary N) is 4. The van der Waals surface area contributed by atoms with Crippen LogP contribution in [0, 0.1) is 41.5 Å². The summed E-state index contributed by atoms with van der Waals surface area (Å²) in [4.78, 5) is 16.1. The Morgan fingerprint density at radius 3 is 0.851 bits per heavy atom. The Hall–Kier alpha value is -8.08. The van der Waals surface area contributed by atoms with Gasteiger partial charge in [0.25, 0.3) is 0 Å². The number of rotatable bonds is 18. The van der Waals surface area contributed by atoms with E-state index in [1.165, 1.54) is 55.6 Å². The zero-order chi connectivity index (χ0) is 52.3. The van der Waals surface area contributed by atoms with Gasteiger partial charge in [-0.05, 0) is 184 Å². The van der Waals surface area contributed by atoms with Crippen molar-refractivity contribution in [2.45, 2.75) is 90.9 Å². The second-order valence-electron chi connectivity index (χ2n) is 20.9. The zero-order valence-corrected chi connectivity index (χ0v) is 44.5. The lowest BCUT2D eigenvalue weighted by molar-refractivity contribution is 0.442. The van der Waals surface area contributed by atoms with Crippen LogP contribution in [-0.2, 0) is 10.8 Å². The van der Waals surface area contributed by atoms with Crippen LogP contribution in [-0.4, -0.2) is 19.9 Å². The van der Waals surface area contributed by atoms with Crippen molar-refractivity contribution in [2.75, 3.05) is 0 Å². The highest BCUT2D eigenvalue weighted by atomic mass is 14.8. The van der Waals surface area contributed by atoms with Crippen molar-refractivity contribution in [3.8, 4) is 0 Å². The molecule has 4 N–H and O–H groups in total. The lowest BCUT2D eigenvalue weighted by atomic mass is 9.72. The third-order valence-corrected chi connectivity index (χ3v) is 15.5. The predicted octanol–water partition coefficient (Wildman–Crippen LogP) is 14.1. The van der Waals surface area contributed by atoms with Crippen molar-refractivity contribution in [1.82, 2.24) is 19.9 Å². The molecule has 1 aliphatic heterocycles. The molecule has 8 aromatic rings. The van der Waals surface area contributed by atoms with E-state index < -0.39 is 0 Å². The molecular formula is C70H72N4. The molecule has 0 radical (unpaired) electrons. The number of aromatic amines is 4. The average molecular weight is 969 g/mol. The first-order valence-corrected chi connectivity index (χ1v) is 26.1. The number of H-pyrrole nitrogens is 4. The Labute approximate surface area is 439 Å². The minimum absolute atomic E-state index is 0.173. The van der Waals surface area contributed by atoms with Crippen LogP contribution < -0.4 is 21.4 Å². The van der Waals surface area contributed by atoms with Gasteiger partial charge in [-0.15, -0.1) is 39.5 Å². The van der Waals surface area contributed by atoms with Gasteiger partial charge in [0.2, 0.25) is 0 Å². The van der Waals surface area contributed by atoms with Crippen molar-refractivity contribution in [2.24, 2.45) is 0 Å². The molecule has 1 aliphatic rings. The summed E-state index contributed by atoms with van der Waals surface area (Å²) in [6.45, 7) is 38.2. The van der Waals surface area contributed by atoms with E-state index in [9.17, 15) is 0 Å². The fourth-order valence-electron chi connectivity index (χ4n) is 12.5. The van der Waals surface area contributed by atoms with E-state index in [2.05, 4.69) is 222 Å². The smallest absolute Gasteiger partial charge is 0.0486 e. The molecular weight excluding hydrogens is 897 g/mol. The van der Waals surface area contributed by atoms with Gasteiger partial charge in [-0.25, -0.2) is 0 Å². The molecule has 0 amide bonds. The van der Waals surface area contributed by atoms with E-state index in [1.54, 1.807) is 0 Å². The number of benzene rings is 4. The largest absolute Gasteiger partial charge is 0.354 e. The molecule has 0 aliphatic carbocycles. The summed E-state index contributed by atoms with van der Waals surface area (Å²) < 4.78 is 0. The van der Waals surface area contributed by atoms with Gasteiger partial charge in [0.05, 0.1) is 0 Å². The molecule has 372 valence electrons. The molecule has 8 bridgehead atoms. The maximum absolute atomic E-state index is 4.16. The summed E-state index contributed by atoms with van der Waals surface area (Å²) in [5.41, 5.74) is 22.5. The Morgan fingerprint density at radius 2 is 0.581 bits per heavy atom. The second kappa shape index (κ2) is 21.2. The van der Waals surface area contributed by atoms with Gasteiger partial charge in [0.15, 0.2) is 0 Å². The highest BCUT2D eigenvalue weighted by Gasteiger charge is 2.30. The molecule has 0 unspecified atom stereocenters.